The van der Waals surface area contributed by atoms with E-state index in [9.17, 15) is 9.59 Å². The number of H-pyrrole nitrogens is 1. The number of aryl methyl sites for hydroxylation is 3. The van der Waals surface area contributed by atoms with Crippen LogP contribution in [0.25, 0.3) is 0 Å². The third-order valence-electron chi connectivity index (χ3n) is 2.80. The van der Waals surface area contributed by atoms with Crippen molar-refractivity contribution in [1.29, 1.82) is 0 Å². The fourth-order valence-corrected chi connectivity index (χ4v) is 1.75. The lowest BCUT2D eigenvalue weighted by molar-refractivity contribution is 0.102. The minimum absolute atomic E-state index is 0.0313. The van der Waals surface area contributed by atoms with Crippen molar-refractivity contribution in [3.05, 3.63) is 39.4 Å². The summed E-state index contributed by atoms with van der Waals surface area (Å²) in [5.41, 5.74) is 7.20. The zero-order valence-corrected chi connectivity index (χ0v) is 10.9. The second-order valence-corrected chi connectivity index (χ2v) is 4.32. The highest BCUT2D eigenvalue weighted by molar-refractivity contribution is 6.05. The van der Waals surface area contributed by atoms with Gasteiger partial charge in [0.25, 0.3) is 5.91 Å². The molecular weight excluding hydrogens is 246 g/mol. The number of pyridine rings is 1. The zero-order valence-electron chi connectivity index (χ0n) is 10.9. The lowest BCUT2D eigenvalue weighted by Crippen LogP contribution is -2.23. The van der Waals surface area contributed by atoms with Gasteiger partial charge in [-0.05, 0) is 13.8 Å². The van der Waals surface area contributed by atoms with E-state index >= 15 is 0 Å². The molecule has 2 rings (SSSR count). The molecule has 0 unspecified atom stereocenters. The van der Waals surface area contributed by atoms with Gasteiger partial charge < -0.3 is 16.0 Å². The molecule has 7 heteroatoms. The van der Waals surface area contributed by atoms with Crippen molar-refractivity contribution < 1.29 is 4.79 Å². The van der Waals surface area contributed by atoms with Crippen LogP contribution in [0.1, 0.15) is 21.7 Å². The van der Waals surface area contributed by atoms with Crippen LogP contribution in [0.2, 0.25) is 0 Å². The van der Waals surface area contributed by atoms with E-state index in [0.717, 1.165) is 0 Å². The SMILES string of the molecule is Cc1cc(=O)c(C(=O)Nc2c(N)c(C)nn2C)c[nH]1. The minimum atomic E-state index is -0.518. The van der Waals surface area contributed by atoms with E-state index < -0.39 is 5.91 Å². The van der Waals surface area contributed by atoms with Crippen LogP contribution in [-0.4, -0.2) is 20.7 Å². The largest absolute Gasteiger partial charge is 0.394 e. The average Bonchev–Trinajstić information content (AvgIpc) is 2.56. The molecule has 0 saturated carbocycles. The van der Waals surface area contributed by atoms with Crippen LogP contribution in [0.15, 0.2) is 17.1 Å². The van der Waals surface area contributed by atoms with Gasteiger partial charge >= 0.3 is 0 Å². The molecule has 19 heavy (non-hydrogen) atoms. The van der Waals surface area contributed by atoms with Crippen molar-refractivity contribution in [3.8, 4) is 0 Å². The van der Waals surface area contributed by atoms with Crippen molar-refractivity contribution in [2.75, 3.05) is 11.1 Å². The number of amides is 1. The fraction of sp³-hybridized carbons (Fsp3) is 0.250. The number of hydrogen-bond acceptors (Lipinski definition) is 4. The molecule has 0 aliphatic carbocycles. The van der Waals surface area contributed by atoms with E-state index in [0.29, 0.717) is 22.9 Å². The van der Waals surface area contributed by atoms with Crippen LogP contribution in [0.5, 0.6) is 0 Å². The Bertz CT molecular complexity index is 699. The predicted molar refractivity (Wildman–Crippen MR) is 72.1 cm³/mol. The maximum Gasteiger partial charge on any atom is 0.262 e. The normalized spacial score (nSPS) is 10.5. The van der Waals surface area contributed by atoms with E-state index in [-0.39, 0.29) is 11.0 Å². The molecule has 2 aromatic rings. The Labute approximate surface area is 109 Å². The third-order valence-corrected chi connectivity index (χ3v) is 2.80. The van der Waals surface area contributed by atoms with Gasteiger partial charge in [0.2, 0.25) is 0 Å². The van der Waals surface area contributed by atoms with Crippen LogP contribution >= 0.6 is 0 Å². The molecule has 0 radical (unpaired) electrons. The van der Waals surface area contributed by atoms with Crippen LogP contribution in [0.3, 0.4) is 0 Å². The van der Waals surface area contributed by atoms with Gasteiger partial charge in [0.05, 0.1) is 11.4 Å². The molecule has 4 N–H and O–H groups in total. The molecule has 2 heterocycles. The number of nitrogens with one attached hydrogen (secondary N) is 2. The van der Waals surface area contributed by atoms with Crippen LogP contribution < -0.4 is 16.5 Å². The van der Waals surface area contributed by atoms with Gasteiger partial charge in [0, 0.05) is 25.0 Å². The van der Waals surface area contributed by atoms with Crippen molar-refractivity contribution in [3.63, 3.8) is 0 Å². The van der Waals surface area contributed by atoms with Crippen LogP contribution in [-0.2, 0) is 7.05 Å². The Hall–Kier alpha value is -2.57. The first-order valence-electron chi connectivity index (χ1n) is 5.70. The molecule has 0 atom stereocenters. The van der Waals surface area contributed by atoms with E-state index in [2.05, 4.69) is 15.4 Å². The maximum absolute atomic E-state index is 12.0. The molecule has 0 fully saturated rings. The smallest absolute Gasteiger partial charge is 0.262 e. The standard InChI is InChI=1S/C12H15N5O2/c1-6-4-9(18)8(5-14-6)12(19)15-11-10(13)7(2)16-17(11)3/h4-5H,13H2,1-3H3,(H,14,18)(H,15,19). The topological polar surface area (TPSA) is 106 Å². The van der Waals surface area contributed by atoms with Crippen molar-refractivity contribution in [2.45, 2.75) is 13.8 Å². The second kappa shape index (κ2) is 4.60. The maximum atomic E-state index is 12.0. The lowest BCUT2D eigenvalue weighted by Gasteiger charge is -2.06. The molecule has 0 saturated heterocycles. The monoisotopic (exact) mass is 261 g/mol. The summed E-state index contributed by atoms with van der Waals surface area (Å²) in [6.45, 7) is 3.48. The average molecular weight is 261 g/mol. The summed E-state index contributed by atoms with van der Waals surface area (Å²) in [5.74, 6) is -0.140. The summed E-state index contributed by atoms with van der Waals surface area (Å²) in [4.78, 5) is 26.6. The summed E-state index contributed by atoms with van der Waals surface area (Å²) in [6, 6.07) is 1.37. The van der Waals surface area contributed by atoms with Crippen molar-refractivity contribution >= 4 is 17.4 Å². The highest BCUT2D eigenvalue weighted by Gasteiger charge is 2.16. The van der Waals surface area contributed by atoms with E-state index in [4.69, 9.17) is 5.73 Å². The summed E-state index contributed by atoms with van der Waals surface area (Å²) in [6.07, 6.45) is 1.38. The Morgan fingerprint density at radius 2 is 2.16 bits per heavy atom. The summed E-state index contributed by atoms with van der Waals surface area (Å²) >= 11 is 0. The van der Waals surface area contributed by atoms with Gasteiger partial charge in [-0.3, -0.25) is 14.3 Å². The molecule has 2 aromatic heterocycles. The highest BCUT2D eigenvalue weighted by Crippen LogP contribution is 2.21. The first-order chi connectivity index (χ1) is 8.90. The number of carbonyl (C=O) groups excluding carboxylic acids is 1. The quantitative estimate of drug-likeness (QED) is 0.734. The molecule has 0 aromatic carbocycles. The summed E-state index contributed by atoms with van der Waals surface area (Å²) in [7, 11) is 1.67. The van der Waals surface area contributed by atoms with E-state index in [1.54, 1.807) is 20.9 Å². The number of aromatic nitrogens is 3. The Morgan fingerprint density at radius 1 is 1.47 bits per heavy atom. The molecule has 1 amide bonds. The van der Waals surface area contributed by atoms with Gasteiger partial charge in [0.15, 0.2) is 11.2 Å². The fourth-order valence-electron chi connectivity index (χ4n) is 1.75. The van der Waals surface area contributed by atoms with Crippen LogP contribution in [0.4, 0.5) is 11.5 Å². The molecule has 7 nitrogen and oxygen atoms in total. The number of nitrogens with two attached hydrogens (primary N) is 1. The van der Waals surface area contributed by atoms with Crippen molar-refractivity contribution in [1.82, 2.24) is 14.8 Å². The van der Waals surface area contributed by atoms with Gasteiger partial charge in [-0.25, -0.2) is 0 Å². The number of hydrogen-bond donors (Lipinski definition) is 3. The number of anilines is 2. The number of nitrogen functional groups attached to an aromatic ring is 1. The van der Waals surface area contributed by atoms with Gasteiger partial charge in [-0.15, -0.1) is 0 Å². The molecule has 100 valence electrons. The number of carbonyl (C=O) groups is 1. The minimum Gasteiger partial charge on any atom is -0.394 e. The summed E-state index contributed by atoms with van der Waals surface area (Å²) in [5, 5.41) is 6.68. The number of nitrogens with zero attached hydrogens (tertiary/aromatic N) is 2. The molecular formula is C12H15N5O2. The lowest BCUT2D eigenvalue weighted by atomic mass is 10.2. The zero-order chi connectivity index (χ0) is 14.2. The Morgan fingerprint density at radius 3 is 2.68 bits per heavy atom. The first-order valence-corrected chi connectivity index (χ1v) is 5.70. The molecule has 0 aliphatic heterocycles. The van der Waals surface area contributed by atoms with Gasteiger partial charge in [-0.1, -0.05) is 0 Å². The van der Waals surface area contributed by atoms with Gasteiger partial charge in [0.1, 0.15) is 5.56 Å². The number of rotatable bonds is 2. The second-order valence-electron chi connectivity index (χ2n) is 4.32. The molecule has 0 bridgehead atoms. The van der Waals surface area contributed by atoms with Crippen LogP contribution in [0, 0.1) is 13.8 Å². The summed E-state index contributed by atoms with van der Waals surface area (Å²) < 4.78 is 1.46. The molecule has 0 spiro atoms. The van der Waals surface area contributed by atoms with Gasteiger partial charge in [-0.2, -0.15) is 5.10 Å². The Balaban J connectivity index is 2.33. The predicted octanol–water partition coefficient (Wildman–Crippen LogP) is 0.560. The third kappa shape index (κ3) is 2.35. The molecule has 0 aliphatic rings. The highest BCUT2D eigenvalue weighted by atomic mass is 16.2. The Kier molecular flexibility index (Phi) is 3.12. The van der Waals surface area contributed by atoms with E-state index in [1.165, 1.54) is 16.9 Å². The van der Waals surface area contributed by atoms with Crippen molar-refractivity contribution in [2.24, 2.45) is 7.05 Å². The first kappa shape index (κ1) is 12.9. The van der Waals surface area contributed by atoms with E-state index in [1.807, 2.05) is 0 Å². The number of aromatic amines is 1.